The fourth-order valence-electron chi connectivity index (χ4n) is 7.25. The van der Waals surface area contributed by atoms with Crippen molar-refractivity contribution >= 4 is 82.0 Å². The zero-order valence-corrected chi connectivity index (χ0v) is 46.5. The lowest BCUT2D eigenvalue weighted by atomic mass is 10.1. The number of Topliss-reactive ketones (excluding diaryl/α,β-unsaturated/α-hetero) is 1. The highest BCUT2D eigenvalue weighted by Crippen LogP contribution is 2.41. The van der Waals surface area contributed by atoms with Crippen molar-refractivity contribution < 1.29 is 75.8 Å². The van der Waals surface area contributed by atoms with Crippen molar-refractivity contribution in [1.29, 1.82) is 0 Å². The number of amides is 5. The molecule has 0 unspecified atom stereocenters. The van der Waals surface area contributed by atoms with Gasteiger partial charge in [-0.25, -0.2) is 19.2 Å². The van der Waals surface area contributed by atoms with E-state index in [0.717, 1.165) is 36.0 Å². The number of carboxylic acid groups (broad SMARTS) is 1. The summed E-state index contributed by atoms with van der Waals surface area (Å²) in [6, 6.07) is 32.3. The number of ether oxygens (including phenoxy) is 5. The highest BCUT2D eigenvalue weighted by molar-refractivity contribution is 8.08. The monoisotopic (exact) mass is 1160 g/mol. The summed E-state index contributed by atoms with van der Waals surface area (Å²) in [5, 5.41) is 35.2. The van der Waals surface area contributed by atoms with Crippen molar-refractivity contribution in [2.75, 3.05) is 114 Å². The molecule has 0 radical (unpaired) electrons. The quantitative estimate of drug-likeness (QED) is 0.0106. The lowest BCUT2D eigenvalue weighted by Crippen LogP contribution is -2.28. The number of phenolic OH excluding ortho intramolecular Hbond substituents is 1. The maximum atomic E-state index is 13.4. The first-order valence-electron chi connectivity index (χ1n) is 25.4. The molecule has 5 amide bonds. The number of halogens is 3. The number of urea groups is 2. The van der Waals surface area contributed by atoms with Gasteiger partial charge in [0.05, 0.1) is 56.2 Å². The molecule has 82 heavy (non-hydrogen) atoms. The Hall–Kier alpha value is -8.46. The number of esters is 1. The number of alkyl halides is 3. The molecule has 0 spiro atoms. The number of benzene rings is 5. The van der Waals surface area contributed by atoms with Gasteiger partial charge in [-0.1, -0.05) is 60.3 Å². The fraction of sp³-hybridized carbons (Fsp3) is 0.298. The Morgan fingerprint density at radius 2 is 1.13 bits per heavy atom. The summed E-state index contributed by atoms with van der Waals surface area (Å²) in [5.74, 6) is -4.30. The Morgan fingerprint density at radius 1 is 0.634 bits per heavy atom. The largest absolute Gasteiger partial charge is 0.504 e. The Balaban J connectivity index is 0.00000165. The molecule has 0 fully saturated rings. The molecule has 6 rings (SSSR count). The average Bonchev–Trinajstić information content (AvgIpc) is 3.83. The van der Waals surface area contributed by atoms with E-state index in [2.05, 4.69) is 31.9 Å². The molecule has 0 bridgehead atoms. The number of carbonyl (C=O) groups excluding carboxylic acids is 5. The Labute approximate surface area is 476 Å². The van der Waals surface area contributed by atoms with Gasteiger partial charge in [0.1, 0.15) is 12.2 Å². The van der Waals surface area contributed by atoms with Crippen LogP contribution in [0.2, 0.25) is 0 Å². The van der Waals surface area contributed by atoms with Crippen LogP contribution in [0.4, 0.5) is 51.2 Å². The number of rotatable bonds is 27. The summed E-state index contributed by atoms with van der Waals surface area (Å²) in [6.45, 7) is 5.18. The molecule has 5 aromatic rings. The number of carboxylic acids is 1. The molecule has 1 aliphatic heterocycles. The summed E-state index contributed by atoms with van der Waals surface area (Å²) in [5.41, 5.74) is 5.23. The minimum absolute atomic E-state index is 0.0803. The number of hydrogen-bond donors (Lipinski definition) is 8. The number of carbonyl (C=O) groups is 6. The first-order valence-corrected chi connectivity index (χ1v) is 26.2. The zero-order chi connectivity index (χ0) is 59.6. The molecule has 438 valence electrons. The molecule has 25 heteroatoms. The SMILES string of the molecule is CCOC(=O)C1=C(Nc2ccccc2)S/C(=C\c2ccc(OCCOCCOCCOCCNC(=O)c3cc(NC(=O)Nc4ccc(CN(C)C)cc4)cc(NC(=O)Nc4ccc(CN(C)C)cc4)c3)c(O)c2)C1=O.O=C(O)C(F)(F)F. The van der Waals surface area contributed by atoms with E-state index in [1.807, 2.05) is 92.6 Å². The summed E-state index contributed by atoms with van der Waals surface area (Å²) < 4.78 is 59.4. The normalized spacial score (nSPS) is 12.6. The van der Waals surface area contributed by atoms with Gasteiger partial charge in [0.25, 0.3) is 5.91 Å². The van der Waals surface area contributed by atoms with E-state index in [1.54, 1.807) is 55.5 Å². The van der Waals surface area contributed by atoms with E-state index in [1.165, 1.54) is 18.2 Å². The first kappa shape index (κ1) is 64.4. The minimum Gasteiger partial charge on any atom is -0.504 e. The van der Waals surface area contributed by atoms with Gasteiger partial charge >= 0.3 is 30.2 Å². The third kappa shape index (κ3) is 22.6. The molecule has 0 aromatic heterocycles. The predicted molar refractivity (Wildman–Crippen MR) is 306 cm³/mol. The molecule has 8 N–H and O–H groups in total. The maximum absolute atomic E-state index is 13.4. The first-order chi connectivity index (χ1) is 39.2. The zero-order valence-electron chi connectivity index (χ0n) is 45.6. The second kappa shape index (κ2) is 32.7. The van der Waals surface area contributed by atoms with E-state index in [0.29, 0.717) is 34.3 Å². The standard InChI is InChI=1S/C55H64N8O11S.C2HF3O2/c1-6-73-53(67)49-50(65)48(75-52(49)57-41-10-8-7-9-11-41)31-39-16-21-47(46(64)30-39)74-29-28-72-27-26-71-25-24-70-23-22-56-51(66)40-32-44(60-54(68)58-42-17-12-37(13-18-42)35-62(2)3)34-45(33-40)61-55(69)59-43-19-14-38(15-20-43)36-63(4)5;3-2(4,5)1(6)7/h7-21,30-34,57,64H,6,22-29,35-36H2,1-5H3,(H,56,66)(H2,58,60,68)(H2,59,61,69);(H,6,7)/b48-31-;. The summed E-state index contributed by atoms with van der Waals surface area (Å²) >= 11 is 1.11. The van der Waals surface area contributed by atoms with Gasteiger partial charge in [-0.15, -0.1) is 0 Å². The molecular weight excluding hydrogens is 1090 g/mol. The van der Waals surface area contributed by atoms with E-state index >= 15 is 0 Å². The fourth-order valence-corrected chi connectivity index (χ4v) is 8.31. The van der Waals surface area contributed by atoms with Crippen LogP contribution >= 0.6 is 11.8 Å². The van der Waals surface area contributed by atoms with Crippen LogP contribution in [0.25, 0.3) is 6.08 Å². The molecule has 5 aromatic carbocycles. The second-order valence-electron chi connectivity index (χ2n) is 18.2. The lowest BCUT2D eigenvalue weighted by molar-refractivity contribution is -0.192. The minimum atomic E-state index is -5.08. The summed E-state index contributed by atoms with van der Waals surface area (Å²) in [6.07, 6.45) is -3.49. The number of ketones is 1. The molecule has 0 saturated heterocycles. The molecule has 0 aliphatic carbocycles. The number of anilines is 5. The molecule has 0 saturated carbocycles. The van der Waals surface area contributed by atoms with Gasteiger partial charge in [-0.3, -0.25) is 9.59 Å². The molecular formula is C57H65F3N8O13S. The number of thioether (sulfide) groups is 1. The molecule has 1 aliphatic rings. The third-order valence-corrected chi connectivity index (χ3v) is 11.9. The average molecular weight is 1160 g/mol. The van der Waals surface area contributed by atoms with Gasteiger partial charge in [0, 0.05) is 53.6 Å². The number of allylic oxidation sites excluding steroid dienone is 1. The van der Waals surface area contributed by atoms with Crippen molar-refractivity contribution in [1.82, 2.24) is 15.1 Å². The molecule has 1 heterocycles. The smallest absolute Gasteiger partial charge is 0.490 e. The number of nitrogens with zero attached hydrogens (tertiary/aromatic N) is 2. The van der Waals surface area contributed by atoms with Crippen LogP contribution in [0.15, 0.2) is 131 Å². The van der Waals surface area contributed by atoms with Crippen molar-refractivity contribution in [2.24, 2.45) is 0 Å². The van der Waals surface area contributed by atoms with Gasteiger partial charge in [-0.2, -0.15) is 13.2 Å². The maximum Gasteiger partial charge on any atom is 0.490 e. The van der Waals surface area contributed by atoms with Crippen LogP contribution < -0.4 is 36.6 Å². The van der Waals surface area contributed by atoms with Crippen LogP contribution in [0.5, 0.6) is 11.5 Å². The molecule has 21 nitrogen and oxygen atoms in total. The van der Waals surface area contributed by atoms with E-state index < -0.39 is 41.9 Å². The molecule has 0 atom stereocenters. The van der Waals surface area contributed by atoms with E-state index in [4.69, 9.17) is 33.6 Å². The van der Waals surface area contributed by atoms with Crippen molar-refractivity contribution in [3.8, 4) is 11.5 Å². The Kier molecular flexibility index (Phi) is 25.7. The van der Waals surface area contributed by atoms with Crippen molar-refractivity contribution in [2.45, 2.75) is 26.2 Å². The number of hydrogen-bond acceptors (Lipinski definition) is 16. The lowest BCUT2D eigenvalue weighted by Gasteiger charge is -2.14. The third-order valence-electron chi connectivity index (χ3n) is 10.8. The summed E-state index contributed by atoms with van der Waals surface area (Å²) in [7, 11) is 7.90. The van der Waals surface area contributed by atoms with Crippen molar-refractivity contribution in [3.05, 3.63) is 153 Å². The van der Waals surface area contributed by atoms with Gasteiger partial charge in [-0.05, 0) is 125 Å². The summed E-state index contributed by atoms with van der Waals surface area (Å²) in [4.78, 5) is 78.8. The van der Waals surface area contributed by atoms with Crippen LogP contribution in [-0.2, 0) is 46.4 Å². The number of aromatic hydroxyl groups is 1. The number of aliphatic carboxylic acids is 1. The topological polar surface area (TPSA) is 268 Å². The highest BCUT2D eigenvalue weighted by atomic mass is 32.2. The number of nitrogens with one attached hydrogen (secondary N) is 6. The van der Waals surface area contributed by atoms with E-state index in [-0.39, 0.29) is 91.7 Å². The second-order valence-corrected chi connectivity index (χ2v) is 19.2. The van der Waals surface area contributed by atoms with Gasteiger partial charge in [0.2, 0.25) is 5.78 Å². The van der Waals surface area contributed by atoms with Gasteiger partial charge in [0.15, 0.2) is 11.5 Å². The van der Waals surface area contributed by atoms with Crippen LogP contribution in [0.3, 0.4) is 0 Å². The Bertz CT molecular complexity index is 2930. The van der Waals surface area contributed by atoms with Crippen LogP contribution in [0.1, 0.15) is 34.0 Å². The van der Waals surface area contributed by atoms with Crippen LogP contribution in [0, 0.1) is 0 Å². The number of phenols is 1. The Morgan fingerprint density at radius 3 is 1.62 bits per heavy atom. The number of para-hydroxylation sites is 1. The van der Waals surface area contributed by atoms with Gasteiger partial charge < -0.3 is 75.6 Å². The van der Waals surface area contributed by atoms with Crippen molar-refractivity contribution in [3.63, 3.8) is 0 Å². The highest BCUT2D eigenvalue weighted by Gasteiger charge is 2.38. The predicted octanol–water partition coefficient (Wildman–Crippen LogP) is 8.84. The van der Waals surface area contributed by atoms with E-state index in [9.17, 15) is 42.3 Å². The van der Waals surface area contributed by atoms with Crippen LogP contribution in [-0.4, -0.2) is 149 Å².